The van der Waals surface area contributed by atoms with E-state index in [1.165, 1.54) is 5.56 Å². The SMILES string of the molecule is Cc1nn(C)c(C)c1CC(=O)N1CCN(Cc2ccc3c(c2)OCO3)CC1. The van der Waals surface area contributed by atoms with Crippen LogP contribution >= 0.6 is 0 Å². The monoisotopic (exact) mass is 370 g/mol. The van der Waals surface area contributed by atoms with Crippen LogP contribution in [0.15, 0.2) is 18.2 Å². The third-order valence-corrected chi connectivity index (χ3v) is 5.56. The molecule has 2 aromatic rings. The van der Waals surface area contributed by atoms with Crippen molar-refractivity contribution in [1.82, 2.24) is 19.6 Å². The van der Waals surface area contributed by atoms with E-state index in [9.17, 15) is 4.79 Å². The molecule has 0 saturated carbocycles. The van der Waals surface area contributed by atoms with Crippen LogP contribution in [0.4, 0.5) is 0 Å². The molecule has 4 rings (SSSR count). The van der Waals surface area contributed by atoms with E-state index < -0.39 is 0 Å². The van der Waals surface area contributed by atoms with Crippen molar-refractivity contribution in [1.29, 1.82) is 0 Å². The average molecular weight is 370 g/mol. The maximum atomic E-state index is 12.7. The van der Waals surface area contributed by atoms with Gasteiger partial charge in [-0.2, -0.15) is 5.10 Å². The van der Waals surface area contributed by atoms with E-state index in [4.69, 9.17) is 9.47 Å². The van der Waals surface area contributed by atoms with Gasteiger partial charge in [0, 0.05) is 51.0 Å². The van der Waals surface area contributed by atoms with Gasteiger partial charge in [0.1, 0.15) is 0 Å². The molecule has 7 heteroatoms. The molecule has 0 N–H and O–H groups in total. The van der Waals surface area contributed by atoms with Gasteiger partial charge in [0.15, 0.2) is 11.5 Å². The molecule has 1 saturated heterocycles. The van der Waals surface area contributed by atoms with Gasteiger partial charge in [0.25, 0.3) is 0 Å². The Labute approximate surface area is 159 Å². The standard InChI is InChI=1S/C20H26N4O3/c1-14-17(15(2)22(3)21-14)11-20(25)24-8-6-23(7-9-24)12-16-4-5-18-19(10-16)27-13-26-18/h4-5,10H,6-9,11-13H2,1-3H3. The number of benzene rings is 1. The third kappa shape index (κ3) is 3.64. The zero-order valence-electron chi connectivity index (χ0n) is 16.2. The summed E-state index contributed by atoms with van der Waals surface area (Å²) in [5, 5.41) is 4.41. The van der Waals surface area contributed by atoms with Gasteiger partial charge in [-0.1, -0.05) is 6.07 Å². The summed E-state index contributed by atoms with van der Waals surface area (Å²) in [6, 6.07) is 6.10. The Bertz CT molecular complexity index is 853. The Morgan fingerprint density at radius 3 is 2.56 bits per heavy atom. The highest BCUT2D eigenvalue weighted by atomic mass is 16.7. The third-order valence-electron chi connectivity index (χ3n) is 5.56. The van der Waals surface area contributed by atoms with Gasteiger partial charge in [-0.25, -0.2) is 0 Å². The largest absolute Gasteiger partial charge is 0.454 e. The molecule has 0 unspecified atom stereocenters. The minimum atomic E-state index is 0.192. The number of nitrogens with zero attached hydrogens (tertiary/aromatic N) is 4. The molecule has 1 aromatic heterocycles. The Hall–Kier alpha value is -2.54. The first-order chi connectivity index (χ1) is 13.0. The van der Waals surface area contributed by atoms with Crippen molar-refractivity contribution in [3.63, 3.8) is 0 Å². The number of piperazine rings is 1. The number of carbonyl (C=O) groups excluding carboxylic acids is 1. The zero-order chi connectivity index (χ0) is 19.0. The first-order valence-electron chi connectivity index (χ1n) is 9.39. The van der Waals surface area contributed by atoms with E-state index in [-0.39, 0.29) is 5.91 Å². The number of hydrogen-bond acceptors (Lipinski definition) is 5. The molecule has 27 heavy (non-hydrogen) atoms. The summed E-state index contributed by atoms with van der Waals surface area (Å²) in [6.07, 6.45) is 0.438. The van der Waals surface area contributed by atoms with E-state index in [1.807, 2.05) is 42.6 Å². The quantitative estimate of drug-likeness (QED) is 0.819. The molecule has 2 aliphatic rings. The van der Waals surface area contributed by atoms with Crippen molar-refractivity contribution in [2.24, 2.45) is 7.05 Å². The Kier molecular flexibility index (Phi) is 4.78. The molecule has 0 radical (unpaired) electrons. The van der Waals surface area contributed by atoms with E-state index in [2.05, 4.69) is 16.1 Å². The maximum absolute atomic E-state index is 12.7. The summed E-state index contributed by atoms with van der Waals surface area (Å²) < 4.78 is 12.7. The minimum Gasteiger partial charge on any atom is -0.454 e. The molecule has 1 amide bonds. The molecule has 1 aromatic carbocycles. The second kappa shape index (κ2) is 7.23. The highest BCUT2D eigenvalue weighted by molar-refractivity contribution is 5.79. The lowest BCUT2D eigenvalue weighted by Gasteiger charge is -2.35. The van der Waals surface area contributed by atoms with Gasteiger partial charge in [-0.05, 0) is 31.5 Å². The Morgan fingerprint density at radius 2 is 1.85 bits per heavy atom. The molecule has 7 nitrogen and oxygen atoms in total. The minimum absolute atomic E-state index is 0.192. The molecule has 0 spiro atoms. The summed E-state index contributed by atoms with van der Waals surface area (Å²) in [4.78, 5) is 17.1. The van der Waals surface area contributed by atoms with Gasteiger partial charge >= 0.3 is 0 Å². The highest BCUT2D eigenvalue weighted by Crippen LogP contribution is 2.32. The van der Waals surface area contributed by atoms with Crippen molar-refractivity contribution in [3.05, 3.63) is 40.7 Å². The molecule has 0 atom stereocenters. The molecule has 2 aliphatic heterocycles. The number of carbonyl (C=O) groups is 1. The zero-order valence-corrected chi connectivity index (χ0v) is 16.2. The van der Waals surface area contributed by atoms with Crippen molar-refractivity contribution < 1.29 is 14.3 Å². The fourth-order valence-electron chi connectivity index (χ4n) is 3.79. The lowest BCUT2D eigenvalue weighted by molar-refractivity contribution is -0.132. The van der Waals surface area contributed by atoms with Crippen molar-refractivity contribution in [2.75, 3.05) is 33.0 Å². The van der Waals surface area contributed by atoms with Gasteiger partial charge in [-0.15, -0.1) is 0 Å². The number of fused-ring (bicyclic) bond motifs is 1. The van der Waals surface area contributed by atoms with E-state index in [0.29, 0.717) is 13.2 Å². The van der Waals surface area contributed by atoms with Crippen molar-refractivity contribution >= 4 is 5.91 Å². The molecule has 0 bridgehead atoms. The summed E-state index contributed by atoms with van der Waals surface area (Å²) in [7, 11) is 1.92. The van der Waals surface area contributed by atoms with E-state index >= 15 is 0 Å². The molecule has 0 aliphatic carbocycles. The second-order valence-electron chi connectivity index (χ2n) is 7.29. The van der Waals surface area contributed by atoms with Crippen LogP contribution in [0.3, 0.4) is 0 Å². The van der Waals surface area contributed by atoms with Crippen molar-refractivity contribution in [3.8, 4) is 11.5 Å². The average Bonchev–Trinajstić information content (AvgIpc) is 3.22. The van der Waals surface area contributed by atoms with E-state index in [1.54, 1.807) is 0 Å². The Balaban J connectivity index is 1.31. The first kappa shape index (κ1) is 17.9. The summed E-state index contributed by atoms with van der Waals surface area (Å²) in [5.74, 6) is 1.83. The number of aryl methyl sites for hydroxylation is 2. The molecule has 3 heterocycles. The van der Waals surface area contributed by atoms with Crippen LogP contribution in [0.2, 0.25) is 0 Å². The van der Waals surface area contributed by atoms with Crippen LogP contribution in [0.1, 0.15) is 22.5 Å². The topological polar surface area (TPSA) is 59.8 Å². The summed E-state index contributed by atoms with van der Waals surface area (Å²) in [6.45, 7) is 8.44. The molecule has 1 fully saturated rings. The number of ether oxygens (including phenoxy) is 2. The number of hydrogen-bond donors (Lipinski definition) is 0. The van der Waals surface area contributed by atoms with Crippen LogP contribution in [-0.4, -0.2) is 58.5 Å². The highest BCUT2D eigenvalue weighted by Gasteiger charge is 2.23. The number of aromatic nitrogens is 2. The smallest absolute Gasteiger partial charge is 0.231 e. The first-order valence-corrected chi connectivity index (χ1v) is 9.39. The molecular weight excluding hydrogens is 344 g/mol. The van der Waals surface area contributed by atoms with Gasteiger partial charge in [0.2, 0.25) is 12.7 Å². The number of rotatable bonds is 4. The predicted molar refractivity (Wildman–Crippen MR) is 101 cm³/mol. The lowest BCUT2D eigenvalue weighted by Crippen LogP contribution is -2.48. The Morgan fingerprint density at radius 1 is 1.11 bits per heavy atom. The summed E-state index contributed by atoms with van der Waals surface area (Å²) >= 11 is 0. The fourth-order valence-corrected chi connectivity index (χ4v) is 3.79. The van der Waals surface area contributed by atoms with Crippen LogP contribution in [0, 0.1) is 13.8 Å². The normalized spacial score (nSPS) is 16.8. The number of amides is 1. The van der Waals surface area contributed by atoms with Crippen LogP contribution < -0.4 is 9.47 Å². The maximum Gasteiger partial charge on any atom is 0.231 e. The van der Waals surface area contributed by atoms with Crippen LogP contribution in [0.25, 0.3) is 0 Å². The van der Waals surface area contributed by atoms with Crippen molar-refractivity contribution in [2.45, 2.75) is 26.8 Å². The lowest BCUT2D eigenvalue weighted by atomic mass is 10.1. The van der Waals surface area contributed by atoms with Crippen LogP contribution in [0.5, 0.6) is 11.5 Å². The summed E-state index contributed by atoms with van der Waals surface area (Å²) in [5.41, 5.74) is 4.29. The molecule has 144 valence electrons. The van der Waals surface area contributed by atoms with Gasteiger partial charge in [0.05, 0.1) is 12.1 Å². The van der Waals surface area contributed by atoms with Gasteiger partial charge < -0.3 is 14.4 Å². The fraction of sp³-hybridized carbons (Fsp3) is 0.500. The second-order valence-corrected chi connectivity index (χ2v) is 7.29. The van der Waals surface area contributed by atoms with Gasteiger partial charge in [-0.3, -0.25) is 14.4 Å². The molecular formula is C20H26N4O3. The van der Waals surface area contributed by atoms with Crippen LogP contribution in [-0.2, 0) is 24.8 Å². The van der Waals surface area contributed by atoms with E-state index in [0.717, 1.165) is 61.2 Å². The predicted octanol–water partition coefficient (Wildman–Crippen LogP) is 1.65.